The molecule has 0 aliphatic heterocycles. The molecule has 2 aromatic rings. The number of amides is 1. The second kappa shape index (κ2) is 6.99. The summed E-state index contributed by atoms with van der Waals surface area (Å²) < 4.78 is 1.49. The van der Waals surface area contributed by atoms with E-state index in [1.165, 1.54) is 4.68 Å². The predicted octanol–water partition coefficient (Wildman–Crippen LogP) is 1.08. The Morgan fingerprint density at radius 2 is 2.05 bits per heavy atom. The molecule has 0 spiro atoms. The Balaban J connectivity index is 1.98. The zero-order chi connectivity index (χ0) is 15.2. The first kappa shape index (κ1) is 15.2. The molecule has 0 fully saturated rings. The first-order valence-corrected chi connectivity index (χ1v) is 6.96. The van der Waals surface area contributed by atoms with Crippen molar-refractivity contribution >= 4 is 5.91 Å². The van der Waals surface area contributed by atoms with Crippen LogP contribution in [0.3, 0.4) is 0 Å². The van der Waals surface area contributed by atoms with Crippen LogP contribution in [0, 0.1) is 5.92 Å². The third kappa shape index (κ3) is 4.13. The first-order valence-electron chi connectivity index (χ1n) is 6.96. The third-order valence-corrected chi connectivity index (χ3v) is 3.26. The number of nitrogens with zero attached hydrogens (tertiary/aromatic N) is 3. The Labute approximate surface area is 123 Å². The second-order valence-corrected chi connectivity index (χ2v) is 5.27. The van der Waals surface area contributed by atoms with Gasteiger partial charge in [0.2, 0.25) is 5.91 Å². The summed E-state index contributed by atoms with van der Waals surface area (Å²) in [4.78, 5) is 11.9. The summed E-state index contributed by atoms with van der Waals surface area (Å²) in [6, 6.07) is 9.42. The highest BCUT2D eigenvalue weighted by Crippen LogP contribution is 2.14. The molecule has 6 nitrogen and oxygen atoms in total. The molecule has 1 heterocycles. The highest BCUT2D eigenvalue weighted by atomic mass is 16.3. The number of aliphatic hydroxyl groups excluding tert-OH is 1. The van der Waals surface area contributed by atoms with E-state index in [4.69, 9.17) is 0 Å². The SMILES string of the molecule is CC(C)[C@@H](CO)NC(=O)Cn1cc(-c2ccccc2)nn1. The molecular formula is C15H20N4O2. The molecule has 6 heteroatoms. The van der Waals surface area contributed by atoms with Gasteiger partial charge in [-0.05, 0) is 5.92 Å². The number of nitrogens with one attached hydrogen (secondary N) is 1. The van der Waals surface area contributed by atoms with Crippen molar-refractivity contribution in [3.8, 4) is 11.3 Å². The summed E-state index contributed by atoms with van der Waals surface area (Å²) >= 11 is 0. The predicted molar refractivity (Wildman–Crippen MR) is 79.3 cm³/mol. The van der Waals surface area contributed by atoms with Crippen LogP contribution in [-0.2, 0) is 11.3 Å². The molecule has 1 aromatic carbocycles. The van der Waals surface area contributed by atoms with E-state index in [-0.39, 0.29) is 31.0 Å². The minimum atomic E-state index is -0.241. The number of carbonyl (C=O) groups is 1. The first-order chi connectivity index (χ1) is 10.1. The summed E-state index contributed by atoms with van der Waals surface area (Å²) in [7, 11) is 0. The minimum Gasteiger partial charge on any atom is -0.394 e. The lowest BCUT2D eigenvalue weighted by molar-refractivity contribution is -0.123. The summed E-state index contributed by atoms with van der Waals surface area (Å²) in [5.74, 6) is -0.0122. The van der Waals surface area contributed by atoms with Crippen LogP contribution in [0.15, 0.2) is 36.5 Å². The van der Waals surface area contributed by atoms with Crippen LogP contribution in [0.4, 0.5) is 0 Å². The van der Waals surface area contributed by atoms with E-state index in [9.17, 15) is 9.90 Å². The molecule has 0 aliphatic rings. The molecule has 112 valence electrons. The van der Waals surface area contributed by atoms with Gasteiger partial charge >= 0.3 is 0 Å². The van der Waals surface area contributed by atoms with Crippen LogP contribution in [0.1, 0.15) is 13.8 Å². The van der Waals surface area contributed by atoms with Crippen molar-refractivity contribution in [2.75, 3.05) is 6.61 Å². The fourth-order valence-corrected chi connectivity index (χ4v) is 1.94. The number of aliphatic hydroxyl groups is 1. The van der Waals surface area contributed by atoms with E-state index in [2.05, 4.69) is 15.6 Å². The molecule has 1 atom stereocenters. The summed E-state index contributed by atoms with van der Waals surface area (Å²) in [5.41, 5.74) is 1.69. The van der Waals surface area contributed by atoms with Crippen molar-refractivity contribution in [2.24, 2.45) is 5.92 Å². The monoisotopic (exact) mass is 288 g/mol. The Hall–Kier alpha value is -2.21. The van der Waals surface area contributed by atoms with Crippen LogP contribution in [0.25, 0.3) is 11.3 Å². The van der Waals surface area contributed by atoms with Crippen molar-refractivity contribution < 1.29 is 9.90 Å². The van der Waals surface area contributed by atoms with Crippen molar-refractivity contribution in [3.63, 3.8) is 0 Å². The zero-order valence-corrected chi connectivity index (χ0v) is 12.2. The van der Waals surface area contributed by atoms with Crippen LogP contribution in [0.5, 0.6) is 0 Å². The van der Waals surface area contributed by atoms with Gasteiger partial charge in [0.15, 0.2) is 0 Å². The van der Waals surface area contributed by atoms with Gasteiger partial charge in [-0.3, -0.25) is 4.79 Å². The van der Waals surface area contributed by atoms with Gasteiger partial charge in [-0.15, -0.1) is 5.10 Å². The van der Waals surface area contributed by atoms with Crippen molar-refractivity contribution in [1.82, 2.24) is 20.3 Å². The Bertz CT molecular complexity index is 580. The Kier molecular flexibility index (Phi) is 5.05. The van der Waals surface area contributed by atoms with E-state index in [1.54, 1.807) is 6.20 Å². The molecular weight excluding hydrogens is 268 g/mol. The summed E-state index contributed by atoms with van der Waals surface area (Å²) in [6.45, 7) is 3.91. The van der Waals surface area contributed by atoms with Gasteiger partial charge < -0.3 is 10.4 Å². The summed E-state index contributed by atoms with van der Waals surface area (Å²) in [5, 5.41) is 20.0. The highest BCUT2D eigenvalue weighted by Gasteiger charge is 2.15. The van der Waals surface area contributed by atoms with Gasteiger partial charge in [0.05, 0.1) is 18.8 Å². The maximum absolute atomic E-state index is 11.9. The Morgan fingerprint density at radius 3 is 2.67 bits per heavy atom. The number of rotatable bonds is 6. The van der Waals surface area contributed by atoms with Crippen LogP contribution in [0.2, 0.25) is 0 Å². The van der Waals surface area contributed by atoms with Crippen LogP contribution < -0.4 is 5.32 Å². The number of hydrogen-bond acceptors (Lipinski definition) is 4. The third-order valence-electron chi connectivity index (χ3n) is 3.26. The van der Waals surface area contributed by atoms with Crippen LogP contribution >= 0.6 is 0 Å². The average Bonchev–Trinajstić information content (AvgIpc) is 2.93. The molecule has 2 rings (SSSR count). The molecule has 0 saturated heterocycles. The van der Waals surface area contributed by atoms with Crippen LogP contribution in [-0.4, -0.2) is 38.7 Å². The van der Waals surface area contributed by atoms with Gasteiger partial charge in [-0.1, -0.05) is 49.4 Å². The molecule has 1 aromatic heterocycles. The number of aromatic nitrogens is 3. The maximum Gasteiger partial charge on any atom is 0.242 e. The lowest BCUT2D eigenvalue weighted by Gasteiger charge is -2.19. The lowest BCUT2D eigenvalue weighted by atomic mass is 10.1. The van der Waals surface area contributed by atoms with E-state index >= 15 is 0 Å². The molecule has 1 amide bonds. The highest BCUT2D eigenvalue weighted by molar-refractivity contribution is 5.76. The molecule has 0 bridgehead atoms. The maximum atomic E-state index is 11.9. The van der Waals surface area contributed by atoms with E-state index in [0.29, 0.717) is 0 Å². The molecule has 2 N–H and O–H groups in total. The molecule has 0 aliphatic carbocycles. The quantitative estimate of drug-likeness (QED) is 0.833. The average molecular weight is 288 g/mol. The fourth-order valence-electron chi connectivity index (χ4n) is 1.94. The number of carbonyl (C=O) groups excluding carboxylic acids is 1. The minimum absolute atomic E-state index is 0.0734. The van der Waals surface area contributed by atoms with Gasteiger partial charge in [0.25, 0.3) is 0 Å². The topological polar surface area (TPSA) is 80.0 Å². The van der Waals surface area contributed by atoms with Crippen molar-refractivity contribution in [3.05, 3.63) is 36.5 Å². The van der Waals surface area contributed by atoms with Gasteiger partial charge in [0.1, 0.15) is 12.2 Å². The van der Waals surface area contributed by atoms with E-state index in [1.807, 2.05) is 44.2 Å². The number of hydrogen-bond donors (Lipinski definition) is 2. The fraction of sp³-hybridized carbons (Fsp3) is 0.400. The molecule has 21 heavy (non-hydrogen) atoms. The van der Waals surface area contributed by atoms with Gasteiger partial charge in [-0.2, -0.15) is 0 Å². The smallest absolute Gasteiger partial charge is 0.242 e. The van der Waals surface area contributed by atoms with E-state index < -0.39 is 0 Å². The molecule has 0 saturated carbocycles. The van der Waals surface area contributed by atoms with Crippen molar-refractivity contribution in [2.45, 2.75) is 26.4 Å². The lowest BCUT2D eigenvalue weighted by Crippen LogP contribution is -2.42. The standard InChI is InChI=1S/C15H20N4O2/c1-11(2)14(10-20)16-15(21)9-19-8-13(17-18-19)12-6-4-3-5-7-12/h3-8,11,14,20H,9-10H2,1-2H3,(H,16,21)/t14-/m1/s1. The molecule has 0 radical (unpaired) electrons. The van der Waals surface area contributed by atoms with E-state index in [0.717, 1.165) is 11.3 Å². The Morgan fingerprint density at radius 1 is 1.33 bits per heavy atom. The van der Waals surface area contributed by atoms with Gasteiger partial charge in [0, 0.05) is 5.56 Å². The normalized spacial score (nSPS) is 12.4. The van der Waals surface area contributed by atoms with Gasteiger partial charge in [-0.25, -0.2) is 4.68 Å². The summed E-state index contributed by atoms with van der Waals surface area (Å²) in [6.07, 6.45) is 1.73. The second-order valence-electron chi connectivity index (χ2n) is 5.27. The van der Waals surface area contributed by atoms with Crippen molar-refractivity contribution in [1.29, 1.82) is 0 Å². The number of benzene rings is 1. The molecule has 0 unspecified atom stereocenters. The zero-order valence-electron chi connectivity index (χ0n) is 12.2. The largest absolute Gasteiger partial charge is 0.394 e.